The van der Waals surface area contributed by atoms with Crippen molar-refractivity contribution in [3.05, 3.63) is 35.4 Å². The molecular weight excluding hydrogens is 243 g/mol. The van der Waals surface area contributed by atoms with Crippen molar-refractivity contribution >= 4 is 11.0 Å². The molecule has 0 amide bonds. The Morgan fingerprint density at radius 2 is 2.00 bits per heavy atom. The molecule has 5 heteroatoms. The molecule has 0 unspecified atom stereocenters. The number of hydrogen-bond donors (Lipinski definition) is 1. The lowest BCUT2D eigenvalue weighted by Gasteiger charge is -2.27. The van der Waals surface area contributed by atoms with E-state index in [0.717, 1.165) is 49.6 Å². The predicted octanol–water partition coefficient (Wildman–Crippen LogP) is 1.48. The van der Waals surface area contributed by atoms with E-state index in [1.54, 1.807) is 6.07 Å². The zero-order valence-corrected chi connectivity index (χ0v) is 11.0. The maximum Gasteiger partial charge on any atom is 0.125 e. The van der Waals surface area contributed by atoms with E-state index in [1.807, 2.05) is 6.92 Å². The van der Waals surface area contributed by atoms with E-state index in [9.17, 15) is 4.39 Å². The number of nitrogens with one attached hydrogen (secondary N) is 1. The molecule has 0 aliphatic carbocycles. The van der Waals surface area contributed by atoms with Crippen molar-refractivity contribution in [2.24, 2.45) is 0 Å². The molecule has 1 aliphatic rings. The number of fused-ring (bicyclic) bond motifs is 1. The van der Waals surface area contributed by atoms with E-state index in [4.69, 9.17) is 0 Å². The van der Waals surface area contributed by atoms with Gasteiger partial charge in [0.25, 0.3) is 0 Å². The Morgan fingerprint density at radius 3 is 2.79 bits per heavy atom. The first-order chi connectivity index (χ1) is 9.22. The minimum Gasteiger partial charge on any atom is -0.314 e. The SMILES string of the molecule is Cc1nc2ccc(F)cc2nc1CN1CCNCC1. The lowest BCUT2D eigenvalue weighted by Crippen LogP contribution is -2.43. The lowest BCUT2D eigenvalue weighted by molar-refractivity contribution is 0.230. The summed E-state index contributed by atoms with van der Waals surface area (Å²) in [4.78, 5) is 11.4. The van der Waals surface area contributed by atoms with E-state index in [-0.39, 0.29) is 5.82 Å². The van der Waals surface area contributed by atoms with Crippen LogP contribution in [0, 0.1) is 12.7 Å². The van der Waals surface area contributed by atoms with E-state index >= 15 is 0 Å². The molecule has 4 nitrogen and oxygen atoms in total. The van der Waals surface area contributed by atoms with Crippen molar-refractivity contribution < 1.29 is 4.39 Å². The number of benzene rings is 1. The molecule has 100 valence electrons. The number of halogens is 1. The number of aromatic nitrogens is 2. The van der Waals surface area contributed by atoms with Crippen LogP contribution in [0.25, 0.3) is 11.0 Å². The first-order valence-corrected chi connectivity index (χ1v) is 6.58. The Kier molecular flexibility index (Phi) is 3.40. The van der Waals surface area contributed by atoms with Crippen molar-refractivity contribution in [1.82, 2.24) is 20.2 Å². The number of nitrogens with zero attached hydrogens (tertiary/aromatic N) is 3. The van der Waals surface area contributed by atoms with Crippen molar-refractivity contribution in [2.45, 2.75) is 13.5 Å². The van der Waals surface area contributed by atoms with Crippen LogP contribution in [-0.2, 0) is 6.54 Å². The summed E-state index contributed by atoms with van der Waals surface area (Å²) in [6.45, 7) is 6.80. The zero-order chi connectivity index (χ0) is 13.2. The molecule has 1 aromatic heterocycles. The maximum absolute atomic E-state index is 13.2. The third-order valence-electron chi connectivity index (χ3n) is 3.48. The Bertz CT molecular complexity index is 593. The van der Waals surface area contributed by atoms with Crippen molar-refractivity contribution in [3.8, 4) is 0 Å². The molecule has 0 spiro atoms. The van der Waals surface area contributed by atoms with Crippen LogP contribution in [0.1, 0.15) is 11.4 Å². The average molecular weight is 260 g/mol. The summed E-state index contributed by atoms with van der Waals surface area (Å²) < 4.78 is 13.2. The van der Waals surface area contributed by atoms with Gasteiger partial charge >= 0.3 is 0 Å². The number of hydrogen-bond acceptors (Lipinski definition) is 4. The van der Waals surface area contributed by atoms with Gasteiger partial charge in [0, 0.05) is 38.8 Å². The second-order valence-electron chi connectivity index (χ2n) is 4.91. The van der Waals surface area contributed by atoms with E-state index in [2.05, 4.69) is 20.2 Å². The van der Waals surface area contributed by atoms with Gasteiger partial charge in [0.2, 0.25) is 0 Å². The van der Waals surface area contributed by atoms with E-state index < -0.39 is 0 Å². The first kappa shape index (κ1) is 12.4. The quantitative estimate of drug-likeness (QED) is 0.888. The molecular formula is C14H17FN4. The summed E-state index contributed by atoms with van der Waals surface area (Å²) in [5.74, 6) is -0.265. The van der Waals surface area contributed by atoms with Crippen molar-refractivity contribution in [1.29, 1.82) is 0 Å². The lowest BCUT2D eigenvalue weighted by atomic mass is 10.2. The van der Waals surface area contributed by atoms with Gasteiger partial charge in [-0.2, -0.15) is 0 Å². The van der Waals surface area contributed by atoms with Crippen LogP contribution in [0.3, 0.4) is 0 Å². The fourth-order valence-corrected chi connectivity index (χ4v) is 2.38. The molecule has 1 N–H and O–H groups in total. The smallest absolute Gasteiger partial charge is 0.125 e. The van der Waals surface area contributed by atoms with Crippen LogP contribution in [-0.4, -0.2) is 41.0 Å². The van der Waals surface area contributed by atoms with E-state index in [1.165, 1.54) is 12.1 Å². The second-order valence-corrected chi connectivity index (χ2v) is 4.91. The highest BCUT2D eigenvalue weighted by Gasteiger charge is 2.13. The third kappa shape index (κ3) is 2.72. The Hall–Kier alpha value is -1.59. The molecule has 0 atom stereocenters. The summed E-state index contributed by atoms with van der Waals surface area (Å²) >= 11 is 0. The van der Waals surface area contributed by atoms with Gasteiger partial charge in [-0.3, -0.25) is 4.90 Å². The minimum atomic E-state index is -0.265. The van der Waals surface area contributed by atoms with Crippen LogP contribution >= 0.6 is 0 Å². The Labute approximate surface area is 111 Å². The van der Waals surface area contributed by atoms with Gasteiger partial charge in [0.15, 0.2) is 0 Å². The molecule has 0 bridgehead atoms. The molecule has 3 rings (SSSR count). The average Bonchev–Trinajstić information content (AvgIpc) is 2.41. The standard InChI is InChI=1S/C14H17FN4/c1-10-14(9-19-6-4-16-5-7-19)18-13-8-11(15)2-3-12(13)17-10/h2-3,8,16H,4-7,9H2,1H3. The zero-order valence-electron chi connectivity index (χ0n) is 11.0. The highest BCUT2D eigenvalue weighted by molar-refractivity contribution is 5.74. The predicted molar refractivity (Wildman–Crippen MR) is 72.4 cm³/mol. The number of piperazine rings is 1. The third-order valence-corrected chi connectivity index (χ3v) is 3.48. The molecule has 19 heavy (non-hydrogen) atoms. The first-order valence-electron chi connectivity index (χ1n) is 6.58. The molecule has 1 saturated heterocycles. The normalized spacial score (nSPS) is 16.9. The fraction of sp³-hybridized carbons (Fsp3) is 0.429. The maximum atomic E-state index is 13.2. The summed E-state index contributed by atoms with van der Waals surface area (Å²) in [5.41, 5.74) is 3.26. The van der Waals surface area contributed by atoms with Crippen LogP contribution in [0.5, 0.6) is 0 Å². The molecule has 1 fully saturated rings. The molecule has 2 aromatic rings. The van der Waals surface area contributed by atoms with Crippen LogP contribution in [0.4, 0.5) is 4.39 Å². The fourth-order valence-electron chi connectivity index (χ4n) is 2.38. The van der Waals surface area contributed by atoms with Gasteiger partial charge in [-0.05, 0) is 19.1 Å². The summed E-state index contributed by atoms with van der Waals surface area (Å²) in [6.07, 6.45) is 0. The molecule has 1 aliphatic heterocycles. The molecule has 0 radical (unpaired) electrons. The summed E-state index contributed by atoms with van der Waals surface area (Å²) in [7, 11) is 0. The number of aryl methyl sites for hydroxylation is 1. The van der Waals surface area contributed by atoms with Gasteiger partial charge in [-0.15, -0.1) is 0 Å². The van der Waals surface area contributed by atoms with Crippen molar-refractivity contribution in [3.63, 3.8) is 0 Å². The summed E-state index contributed by atoms with van der Waals surface area (Å²) in [6, 6.07) is 4.55. The Balaban J connectivity index is 1.91. The van der Waals surface area contributed by atoms with Gasteiger partial charge in [0.1, 0.15) is 5.82 Å². The van der Waals surface area contributed by atoms with Gasteiger partial charge < -0.3 is 5.32 Å². The topological polar surface area (TPSA) is 41.1 Å². The van der Waals surface area contributed by atoms with Gasteiger partial charge in [-0.1, -0.05) is 0 Å². The van der Waals surface area contributed by atoms with Crippen molar-refractivity contribution in [2.75, 3.05) is 26.2 Å². The Morgan fingerprint density at radius 1 is 1.21 bits per heavy atom. The monoisotopic (exact) mass is 260 g/mol. The number of rotatable bonds is 2. The van der Waals surface area contributed by atoms with Crippen LogP contribution in [0.15, 0.2) is 18.2 Å². The highest BCUT2D eigenvalue weighted by atomic mass is 19.1. The van der Waals surface area contributed by atoms with Gasteiger partial charge in [-0.25, -0.2) is 14.4 Å². The highest BCUT2D eigenvalue weighted by Crippen LogP contribution is 2.15. The van der Waals surface area contributed by atoms with Crippen LogP contribution in [0.2, 0.25) is 0 Å². The second kappa shape index (κ2) is 5.19. The molecule has 2 heterocycles. The largest absolute Gasteiger partial charge is 0.314 e. The molecule has 1 aromatic carbocycles. The minimum absolute atomic E-state index is 0.265. The van der Waals surface area contributed by atoms with E-state index in [0.29, 0.717) is 5.52 Å². The molecule has 0 saturated carbocycles. The summed E-state index contributed by atoms with van der Waals surface area (Å²) in [5, 5.41) is 3.32. The van der Waals surface area contributed by atoms with Gasteiger partial charge in [0.05, 0.1) is 22.4 Å². The van der Waals surface area contributed by atoms with Crippen LogP contribution < -0.4 is 5.32 Å².